The second-order valence-corrected chi connectivity index (χ2v) is 6.40. The fourth-order valence-corrected chi connectivity index (χ4v) is 3.14. The predicted molar refractivity (Wildman–Crippen MR) is 101 cm³/mol. The molecule has 0 bridgehead atoms. The van der Waals surface area contributed by atoms with Gasteiger partial charge in [0.2, 0.25) is 0 Å². The molecule has 3 aromatic rings. The summed E-state index contributed by atoms with van der Waals surface area (Å²) in [5.74, 6) is -2.47. The zero-order valence-corrected chi connectivity index (χ0v) is 15.0. The van der Waals surface area contributed by atoms with Crippen LogP contribution in [0.15, 0.2) is 54.6 Å². The largest absolute Gasteiger partial charge is 0.206 e. The molecule has 0 aromatic heterocycles. The minimum absolute atomic E-state index is 0.0537. The van der Waals surface area contributed by atoms with Gasteiger partial charge in [0.25, 0.3) is 0 Å². The minimum Gasteiger partial charge on any atom is -0.206 e. The Balaban J connectivity index is 1.97. The van der Waals surface area contributed by atoms with Crippen molar-refractivity contribution in [3.8, 4) is 22.3 Å². The second-order valence-electron chi connectivity index (χ2n) is 6.40. The fraction of sp³-hybridized carbons (Fsp3) is 0.217. The van der Waals surface area contributed by atoms with Gasteiger partial charge in [0.1, 0.15) is 5.82 Å². The van der Waals surface area contributed by atoms with Crippen molar-refractivity contribution in [1.29, 1.82) is 0 Å². The van der Waals surface area contributed by atoms with E-state index in [1.165, 1.54) is 29.8 Å². The first kappa shape index (κ1) is 18.2. The van der Waals surface area contributed by atoms with Gasteiger partial charge in [-0.2, -0.15) is 0 Å². The van der Waals surface area contributed by atoms with Crippen molar-refractivity contribution in [2.24, 2.45) is 0 Å². The lowest BCUT2D eigenvalue weighted by Crippen LogP contribution is -1.97. The Morgan fingerprint density at radius 3 is 1.96 bits per heavy atom. The van der Waals surface area contributed by atoms with Crippen molar-refractivity contribution in [3.05, 3.63) is 83.2 Å². The summed E-state index contributed by atoms with van der Waals surface area (Å²) < 4.78 is 43.0. The average molecular weight is 354 g/mol. The number of rotatable bonds is 5. The van der Waals surface area contributed by atoms with Crippen LogP contribution in [0.1, 0.15) is 31.4 Å². The van der Waals surface area contributed by atoms with Crippen molar-refractivity contribution < 1.29 is 13.2 Å². The molecular weight excluding hydrogens is 333 g/mol. The number of hydrogen-bond acceptors (Lipinski definition) is 0. The monoisotopic (exact) mass is 354 g/mol. The molecule has 0 nitrogen and oxygen atoms in total. The third-order valence-corrected chi connectivity index (χ3v) is 4.63. The van der Waals surface area contributed by atoms with E-state index >= 15 is 0 Å². The number of benzene rings is 3. The van der Waals surface area contributed by atoms with Crippen LogP contribution in [0.5, 0.6) is 0 Å². The zero-order chi connectivity index (χ0) is 18.7. The van der Waals surface area contributed by atoms with E-state index in [1.54, 1.807) is 13.0 Å². The fourth-order valence-electron chi connectivity index (χ4n) is 3.14. The van der Waals surface area contributed by atoms with Gasteiger partial charge < -0.3 is 0 Å². The molecule has 0 radical (unpaired) electrons. The van der Waals surface area contributed by atoms with Gasteiger partial charge in [-0.1, -0.05) is 68.8 Å². The van der Waals surface area contributed by atoms with Crippen molar-refractivity contribution in [3.63, 3.8) is 0 Å². The van der Waals surface area contributed by atoms with Gasteiger partial charge in [-0.3, -0.25) is 0 Å². The Morgan fingerprint density at radius 1 is 0.692 bits per heavy atom. The quantitative estimate of drug-likeness (QED) is 0.465. The summed E-state index contributed by atoms with van der Waals surface area (Å²) >= 11 is 0. The van der Waals surface area contributed by atoms with Crippen LogP contribution < -0.4 is 0 Å². The highest BCUT2D eigenvalue weighted by atomic mass is 19.2. The highest BCUT2D eigenvalue weighted by molar-refractivity contribution is 5.71. The molecule has 0 fully saturated rings. The van der Waals surface area contributed by atoms with Crippen molar-refractivity contribution in [2.75, 3.05) is 0 Å². The van der Waals surface area contributed by atoms with Gasteiger partial charge in [0.15, 0.2) is 11.6 Å². The third kappa shape index (κ3) is 3.52. The Labute approximate surface area is 152 Å². The summed E-state index contributed by atoms with van der Waals surface area (Å²) in [4.78, 5) is 0. The topological polar surface area (TPSA) is 0 Å². The molecule has 0 amide bonds. The molecular formula is C23H21F3. The molecule has 0 aliphatic heterocycles. The molecule has 26 heavy (non-hydrogen) atoms. The van der Waals surface area contributed by atoms with E-state index in [2.05, 4.69) is 6.92 Å². The van der Waals surface area contributed by atoms with Crippen molar-refractivity contribution in [1.82, 2.24) is 0 Å². The molecule has 3 rings (SSSR count). The minimum atomic E-state index is -1.00. The van der Waals surface area contributed by atoms with Gasteiger partial charge >= 0.3 is 0 Å². The van der Waals surface area contributed by atoms with E-state index in [0.717, 1.165) is 18.4 Å². The SMILES string of the molecule is CCCc1ccc(-c2ccc(-c3ccc(CC)c(F)c3F)c(F)c2)cc1. The van der Waals surface area contributed by atoms with E-state index in [9.17, 15) is 13.2 Å². The van der Waals surface area contributed by atoms with Gasteiger partial charge in [-0.15, -0.1) is 0 Å². The summed E-state index contributed by atoms with van der Waals surface area (Å²) in [5, 5.41) is 0. The first-order valence-corrected chi connectivity index (χ1v) is 8.91. The summed E-state index contributed by atoms with van der Waals surface area (Å²) in [6.07, 6.45) is 2.46. The summed E-state index contributed by atoms with van der Waals surface area (Å²) in [6, 6.07) is 15.5. The van der Waals surface area contributed by atoms with Gasteiger partial charge in [0, 0.05) is 11.1 Å². The number of aryl methyl sites for hydroxylation is 2. The number of hydrogen-bond donors (Lipinski definition) is 0. The van der Waals surface area contributed by atoms with Crippen LogP contribution in [0.25, 0.3) is 22.3 Å². The Hall–Kier alpha value is -2.55. The molecule has 0 saturated carbocycles. The number of halogens is 3. The molecule has 0 atom stereocenters. The van der Waals surface area contributed by atoms with Crippen molar-refractivity contribution in [2.45, 2.75) is 33.1 Å². The molecule has 3 heteroatoms. The van der Waals surface area contributed by atoms with Crippen LogP contribution in [0.4, 0.5) is 13.2 Å². The van der Waals surface area contributed by atoms with E-state index in [0.29, 0.717) is 12.0 Å². The maximum absolute atomic E-state index is 14.6. The van der Waals surface area contributed by atoms with Gasteiger partial charge in [-0.25, -0.2) is 13.2 Å². The Kier molecular flexibility index (Phi) is 5.46. The lowest BCUT2D eigenvalue weighted by atomic mass is 9.97. The van der Waals surface area contributed by atoms with Crippen LogP contribution in [0.3, 0.4) is 0 Å². The standard InChI is InChI=1S/C23H21F3/c1-3-5-15-6-8-17(9-7-15)18-11-12-19(21(24)14-18)20-13-10-16(4-2)22(25)23(20)26/h6-14H,3-5H2,1-2H3. The molecule has 0 heterocycles. The van der Waals surface area contributed by atoms with E-state index < -0.39 is 17.5 Å². The predicted octanol–water partition coefficient (Wildman–Crippen LogP) is 6.95. The summed E-state index contributed by atoms with van der Waals surface area (Å²) in [6.45, 7) is 3.87. The Bertz CT molecular complexity index is 911. The molecule has 0 spiro atoms. The van der Waals surface area contributed by atoms with Gasteiger partial charge in [-0.05, 0) is 41.2 Å². The molecule has 0 aliphatic rings. The van der Waals surface area contributed by atoms with Crippen LogP contribution in [-0.4, -0.2) is 0 Å². The average Bonchev–Trinajstić information content (AvgIpc) is 2.65. The maximum atomic E-state index is 14.6. The van der Waals surface area contributed by atoms with E-state index in [-0.39, 0.29) is 16.7 Å². The molecule has 0 aliphatic carbocycles. The molecule has 134 valence electrons. The molecule has 0 unspecified atom stereocenters. The third-order valence-electron chi connectivity index (χ3n) is 4.63. The van der Waals surface area contributed by atoms with Crippen LogP contribution >= 0.6 is 0 Å². The lowest BCUT2D eigenvalue weighted by Gasteiger charge is -2.10. The maximum Gasteiger partial charge on any atom is 0.167 e. The first-order valence-electron chi connectivity index (χ1n) is 8.91. The highest BCUT2D eigenvalue weighted by Gasteiger charge is 2.17. The lowest BCUT2D eigenvalue weighted by molar-refractivity contribution is 0.501. The van der Waals surface area contributed by atoms with Crippen LogP contribution in [-0.2, 0) is 12.8 Å². The second kappa shape index (κ2) is 7.77. The smallest absolute Gasteiger partial charge is 0.167 e. The molecule has 0 N–H and O–H groups in total. The molecule has 3 aromatic carbocycles. The van der Waals surface area contributed by atoms with Crippen molar-refractivity contribution >= 4 is 0 Å². The molecule has 0 saturated heterocycles. The highest BCUT2D eigenvalue weighted by Crippen LogP contribution is 2.31. The summed E-state index contributed by atoms with van der Waals surface area (Å²) in [7, 11) is 0. The van der Waals surface area contributed by atoms with E-state index in [1.807, 2.05) is 24.3 Å². The van der Waals surface area contributed by atoms with Crippen LogP contribution in [0, 0.1) is 17.5 Å². The Morgan fingerprint density at radius 2 is 1.35 bits per heavy atom. The van der Waals surface area contributed by atoms with Crippen LogP contribution in [0.2, 0.25) is 0 Å². The first-order chi connectivity index (χ1) is 12.5. The van der Waals surface area contributed by atoms with Gasteiger partial charge in [0.05, 0.1) is 0 Å². The summed E-state index contributed by atoms with van der Waals surface area (Å²) in [5.41, 5.74) is 3.14. The normalized spacial score (nSPS) is 11.0. The van der Waals surface area contributed by atoms with E-state index in [4.69, 9.17) is 0 Å². The zero-order valence-electron chi connectivity index (χ0n) is 15.0.